The molecule has 2 unspecified atom stereocenters. The van der Waals surface area contributed by atoms with Crippen molar-refractivity contribution in [2.75, 3.05) is 39.8 Å². The first-order valence-electron chi connectivity index (χ1n) is 7.39. The molecular formula is C14H27N3. The molecule has 3 aliphatic heterocycles. The number of hydrogen-bond acceptors (Lipinski definition) is 3. The van der Waals surface area contributed by atoms with Crippen LogP contribution < -0.4 is 5.32 Å². The Kier molecular flexibility index (Phi) is 3.42. The Morgan fingerprint density at radius 1 is 1.12 bits per heavy atom. The molecule has 0 aromatic rings. The van der Waals surface area contributed by atoms with Crippen LogP contribution in [0.15, 0.2) is 0 Å². The zero-order valence-corrected chi connectivity index (χ0v) is 11.4. The lowest BCUT2D eigenvalue weighted by atomic mass is 9.97. The Morgan fingerprint density at radius 2 is 1.94 bits per heavy atom. The van der Waals surface area contributed by atoms with Gasteiger partial charge in [-0.2, -0.15) is 0 Å². The van der Waals surface area contributed by atoms with Gasteiger partial charge < -0.3 is 10.2 Å². The van der Waals surface area contributed by atoms with Crippen LogP contribution in [0.1, 0.15) is 26.2 Å². The summed E-state index contributed by atoms with van der Waals surface area (Å²) in [5.74, 6) is 1.75. The molecule has 0 radical (unpaired) electrons. The molecule has 4 atom stereocenters. The molecule has 3 heteroatoms. The van der Waals surface area contributed by atoms with Crippen molar-refractivity contribution in [2.45, 2.75) is 38.3 Å². The van der Waals surface area contributed by atoms with Gasteiger partial charge in [0.1, 0.15) is 0 Å². The predicted octanol–water partition coefficient (Wildman–Crippen LogP) is 1.01. The third kappa shape index (κ3) is 2.38. The van der Waals surface area contributed by atoms with Crippen LogP contribution in [0.4, 0.5) is 0 Å². The van der Waals surface area contributed by atoms with Gasteiger partial charge in [-0.1, -0.05) is 6.92 Å². The minimum atomic E-state index is 0.840. The summed E-state index contributed by atoms with van der Waals surface area (Å²) in [5.41, 5.74) is 0. The molecule has 3 heterocycles. The Morgan fingerprint density at radius 3 is 2.71 bits per heavy atom. The summed E-state index contributed by atoms with van der Waals surface area (Å²) < 4.78 is 0. The summed E-state index contributed by atoms with van der Waals surface area (Å²) in [6.07, 6.45) is 4.26. The number of nitrogens with zero attached hydrogens (tertiary/aromatic N) is 2. The number of nitrogens with one attached hydrogen (secondary N) is 1. The van der Waals surface area contributed by atoms with E-state index < -0.39 is 0 Å². The van der Waals surface area contributed by atoms with E-state index in [1.54, 1.807) is 0 Å². The minimum Gasteiger partial charge on any atom is -0.316 e. The van der Waals surface area contributed by atoms with E-state index in [4.69, 9.17) is 0 Å². The van der Waals surface area contributed by atoms with Gasteiger partial charge in [-0.25, -0.2) is 0 Å². The first-order chi connectivity index (χ1) is 8.24. The monoisotopic (exact) mass is 237 g/mol. The van der Waals surface area contributed by atoms with Crippen molar-refractivity contribution >= 4 is 0 Å². The quantitative estimate of drug-likeness (QED) is 0.773. The molecule has 3 rings (SSSR count). The van der Waals surface area contributed by atoms with Gasteiger partial charge >= 0.3 is 0 Å². The highest BCUT2D eigenvalue weighted by Gasteiger charge is 2.35. The fourth-order valence-corrected chi connectivity index (χ4v) is 3.99. The van der Waals surface area contributed by atoms with Gasteiger partial charge in [-0.3, -0.25) is 4.90 Å². The standard InChI is InChI=1S/C14H27N3/c1-11-7-15-8-12(11)9-17-6-5-13-3-4-14(10-17)16(13)2/h11-15H,3-10H2,1-2H3/t11-,12+,13?,14?/m1/s1. The summed E-state index contributed by atoms with van der Waals surface area (Å²) in [5, 5.41) is 3.53. The largest absolute Gasteiger partial charge is 0.316 e. The van der Waals surface area contributed by atoms with Gasteiger partial charge in [0.05, 0.1) is 0 Å². The van der Waals surface area contributed by atoms with Gasteiger partial charge in [-0.05, 0) is 57.8 Å². The Labute approximate surface area is 106 Å². The maximum Gasteiger partial charge on any atom is 0.0223 e. The molecule has 1 N–H and O–H groups in total. The Hall–Kier alpha value is -0.120. The van der Waals surface area contributed by atoms with E-state index in [0.717, 1.165) is 23.9 Å². The maximum atomic E-state index is 3.53. The number of likely N-dealkylation sites (N-methyl/N-ethyl adjacent to an activating group) is 1. The molecule has 0 aromatic heterocycles. The fourth-order valence-electron chi connectivity index (χ4n) is 3.99. The molecule has 3 nitrogen and oxygen atoms in total. The summed E-state index contributed by atoms with van der Waals surface area (Å²) in [7, 11) is 2.34. The molecule has 2 bridgehead atoms. The first kappa shape index (κ1) is 11.9. The number of fused-ring (bicyclic) bond motifs is 2. The first-order valence-corrected chi connectivity index (χ1v) is 7.39. The molecule has 0 aromatic carbocycles. The maximum absolute atomic E-state index is 3.53. The van der Waals surface area contributed by atoms with Crippen LogP contribution in [0.5, 0.6) is 0 Å². The minimum absolute atomic E-state index is 0.840. The van der Waals surface area contributed by atoms with Gasteiger partial charge in [0, 0.05) is 25.2 Å². The lowest BCUT2D eigenvalue weighted by molar-refractivity contribution is 0.190. The second-order valence-electron chi connectivity index (χ2n) is 6.49. The zero-order valence-electron chi connectivity index (χ0n) is 11.4. The Balaban J connectivity index is 1.58. The molecule has 98 valence electrons. The summed E-state index contributed by atoms with van der Waals surface area (Å²) in [6, 6.07) is 1.72. The van der Waals surface area contributed by atoms with Gasteiger partial charge in [-0.15, -0.1) is 0 Å². The number of hydrogen-bond donors (Lipinski definition) is 1. The predicted molar refractivity (Wildman–Crippen MR) is 71.2 cm³/mol. The van der Waals surface area contributed by atoms with Crippen molar-refractivity contribution in [1.82, 2.24) is 15.1 Å². The highest BCUT2D eigenvalue weighted by molar-refractivity contribution is 4.92. The highest BCUT2D eigenvalue weighted by Crippen LogP contribution is 2.29. The summed E-state index contributed by atoms with van der Waals surface area (Å²) >= 11 is 0. The smallest absolute Gasteiger partial charge is 0.0223 e. The van der Waals surface area contributed by atoms with Crippen LogP contribution in [-0.4, -0.2) is 61.7 Å². The number of rotatable bonds is 2. The van der Waals surface area contributed by atoms with Crippen LogP contribution >= 0.6 is 0 Å². The molecule has 3 aliphatic rings. The van der Waals surface area contributed by atoms with E-state index in [2.05, 4.69) is 29.1 Å². The van der Waals surface area contributed by atoms with Crippen LogP contribution in [0.2, 0.25) is 0 Å². The molecule has 0 amide bonds. The summed E-state index contributed by atoms with van der Waals surface area (Å²) in [4.78, 5) is 5.39. The van der Waals surface area contributed by atoms with Crippen LogP contribution in [-0.2, 0) is 0 Å². The molecular weight excluding hydrogens is 210 g/mol. The second kappa shape index (κ2) is 4.87. The van der Waals surface area contributed by atoms with E-state index in [-0.39, 0.29) is 0 Å². The van der Waals surface area contributed by atoms with Crippen molar-refractivity contribution in [2.24, 2.45) is 11.8 Å². The third-order valence-electron chi connectivity index (χ3n) is 5.40. The van der Waals surface area contributed by atoms with E-state index in [1.807, 2.05) is 0 Å². The third-order valence-corrected chi connectivity index (χ3v) is 5.40. The lowest BCUT2D eigenvalue weighted by Gasteiger charge is -2.29. The normalized spacial score (nSPS) is 44.1. The number of likely N-dealkylation sites (tertiary alicyclic amines) is 1. The average Bonchev–Trinajstić information content (AvgIpc) is 2.78. The van der Waals surface area contributed by atoms with E-state index >= 15 is 0 Å². The van der Waals surface area contributed by atoms with Crippen molar-refractivity contribution in [3.63, 3.8) is 0 Å². The van der Waals surface area contributed by atoms with E-state index in [1.165, 1.54) is 52.0 Å². The topological polar surface area (TPSA) is 18.5 Å². The molecule has 3 saturated heterocycles. The van der Waals surface area contributed by atoms with Crippen molar-refractivity contribution in [3.05, 3.63) is 0 Å². The second-order valence-corrected chi connectivity index (χ2v) is 6.49. The van der Waals surface area contributed by atoms with Gasteiger partial charge in [0.2, 0.25) is 0 Å². The average molecular weight is 237 g/mol. The van der Waals surface area contributed by atoms with Crippen molar-refractivity contribution < 1.29 is 0 Å². The zero-order chi connectivity index (χ0) is 11.8. The summed E-state index contributed by atoms with van der Waals surface area (Å²) in [6.45, 7) is 8.84. The van der Waals surface area contributed by atoms with E-state index in [0.29, 0.717) is 0 Å². The van der Waals surface area contributed by atoms with Gasteiger partial charge in [0.25, 0.3) is 0 Å². The highest BCUT2D eigenvalue weighted by atomic mass is 15.3. The SMILES string of the molecule is C[C@@H]1CNC[C@H]1CN1CCC2CCC(C1)N2C. The molecule has 0 aliphatic carbocycles. The molecule has 3 fully saturated rings. The molecule has 0 spiro atoms. The molecule has 17 heavy (non-hydrogen) atoms. The van der Waals surface area contributed by atoms with E-state index in [9.17, 15) is 0 Å². The van der Waals surface area contributed by atoms with Crippen molar-refractivity contribution in [3.8, 4) is 0 Å². The fraction of sp³-hybridized carbons (Fsp3) is 1.00. The van der Waals surface area contributed by atoms with Crippen LogP contribution in [0.25, 0.3) is 0 Å². The lowest BCUT2D eigenvalue weighted by Crippen LogP contribution is -2.39. The van der Waals surface area contributed by atoms with Crippen LogP contribution in [0.3, 0.4) is 0 Å². The van der Waals surface area contributed by atoms with Gasteiger partial charge in [0.15, 0.2) is 0 Å². The van der Waals surface area contributed by atoms with Crippen LogP contribution in [0, 0.1) is 11.8 Å². The van der Waals surface area contributed by atoms with Crippen molar-refractivity contribution in [1.29, 1.82) is 0 Å². The molecule has 0 saturated carbocycles. The Bertz CT molecular complexity index is 268.